The Hall–Kier alpha value is -2.64. The van der Waals surface area contributed by atoms with Crippen LogP contribution in [0.3, 0.4) is 0 Å². The van der Waals surface area contributed by atoms with Crippen LogP contribution in [0.25, 0.3) is 0 Å². The summed E-state index contributed by atoms with van der Waals surface area (Å²) >= 11 is 0. The van der Waals surface area contributed by atoms with Gasteiger partial charge in [0.15, 0.2) is 0 Å². The predicted molar refractivity (Wildman–Crippen MR) is 109 cm³/mol. The van der Waals surface area contributed by atoms with Crippen molar-refractivity contribution in [3.8, 4) is 0 Å². The number of benzene rings is 1. The van der Waals surface area contributed by atoms with Crippen molar-refractivity contribution in [1.82, 2.24) is 5.32 Å². The lowest BCUT2D eigenvalue weighted by atomic mass is 9.88. The highest BCUT2D eigenvalue weighted by molar-refractivity contribution is 5.81. The molecule has 0 bridgehead atoms. The molecule has 0 aliphatic heterocycles. The second-order valence-electron chi connectivity index (χ2n) is 9.13. The number of amides is 1. The van der Waals surface area contributed by atoms with Crippen molar-refractivity contribution >= 4 is 12.1 Å². The van der Waals surface area contributed by atoms with Crippen molar-refractivity contribution in [1.29, 1.82) is 0 Å². The highest BCUT2D eigenvalue weighted by Gasteiger charge is 2.56. The van der Waals surface area contributed by atoms with E-state index in [2.05, 4.69) is 5.32 Å². The van der Waals surface area contributed by atoms with Gasteiger partial charge < -0.3 is 14.8 Å². The van der Waals surface area contributed by atoms with Gasteiger partial charge >= 0.3 is 17.6 Å². The molecule has 29 heavy (non-hydrogen) atoms. The molecule has 0 aromatic heterocycles. The lowest BCUT2D eigenvalue weighted by Crippen LogP contribution is -2.62. The fraction of sp³-hybridized carbons (Fsp3) is 0.619. The smallest absolute Gasteiger partial charge is 0.408 e. The van der Waals surface area contributed by atoms with Crippen LogP contribution in [-0.2, 0) is 20.7 Å². The molecule has 0 heterocycles. The topological polar surface area (TPSA) is 108 Å². The summed E-state index contributed by atoms with van der Waals surface area (Å²) in [6.45, 7) is 11.1. The number of hydrogen-bond acceptors (Lipinski definition) is 6. The van der Waals surface area contributed by atoms with Crippen molar-refractivity contribution < 1.29 is 24.0 Å². The molecule has 8 heteroatoms. The molecule has 8 nitrogen and oxygen atoms in total. The van der Waals surface area contributed by atoms with Crippen LogP contribution >= 0.6 is 0 Å². The lowest BCUT2D eigenvalue weighted by molar-refractivity contribution is -0.556. The van der Waals surface area contributed by atoms with Gasteiger partial charge in [-0.15, -0.1) is 0 Å². The molecule has 2 atom stereocenters. The number of nitro groups is 1. The average molecular weight is 408 g/mol. The SMILES string of the molecule is CC(C)(C)OC(=O)N[C@@H](CCc1ccccc1)[C@](C)(C(=O)OC(C)(C)C)[N+](=O)[O-]. The van der Waals surface area contributed by atoms with Crippen molar-refractivity contribution in [3.63, 3.8) is 0 Å². The standard InChI is InChI=1S/C21H32N2O6/c1-19(2,3)28-17(24)21(7,23(26)27)16(22-18(25)29-20(4,5)6)14-13-15-11-9-8-10-12-15/h8-12,16H,13-14H2,1-7H3,(H,22,25)/t16-,21+/m0/s1. The van der Waals surface area contributed by atoms with Crippen LogP contribution in [0.1, 0.15) is 60.5 Å². The molecular formula is C21H32N2O6. The fourth-order valence-electron chi connectivity index (χ4n) is 2.62. The highest BCUT2D eigenvalue weighted by atomic mass is 16.6. The average Bonchev–Trinajstić information content (AvgIpc) is 2.55. The summed E-state index contributed by atoms with van der Waals surface area (Å²) in [5.41, 5.74) is -2.95. The first kappa shape index (κ1) is 24.4. The van der Waals surface area contributed by atoms with Gasteiger partial charge in [0.25, 0.3) is 0 Å². The maximum Gasteiger partial charge on any atom is 0.408 e. The largest absolute Gasteiger partial charge is 0.455 e. The monoisotopic (exact) mass is 408 g/mol. The number of rotatable bonds is 7. The Balaban J connectivity index is 3.19. The van der Waals surface area contributed by atoms with E-state index in [9.17, 15) is 19.7 Å². The molecular weight excluding hydrogens is 376 g/mol. The zero-order chi connectivity index (χ0) is 22.5. The van der Waals surface area contributed by atoms with Crippen molar-refractivity contribution in [2.45, 2.75) is 84.1 Å². The molecule has 1 rings (SSSR count). The lowest BCUT2D eigenvalue weighted by Gasteiger charge is -2.32. The normalized spacial score (nSPS) is 15.0. The Kier molecular flexibility index (Phi) is 7.77. The van der Waals surface area contributed by atoms with Crippen LogP contribution in [0.5, 0.6) is 0 Å². The molecule has 0 saturated heterocycles. The van der Waals surface area contributed by atoms with Gasteiger partial charge in [-0.25, -0.2) is 9.59 Å². The number of hydrogen-bond donors (Lipinski definition) is 1. The fourth-order valence-corrected chi connectivity index (χ4v) is 2.62. The van der Waals surface area contributed by atoms with E-state index in [-0.39, 0.29) is 6.42 Å². The van der Waals surface area contributed by atoms with Crippen LogP contribution in [0, 0.1) is 10.1 Å². The maximum absolute atomic E-state index is 12.8. The minimum absolute atomic E-state index is 0.153. The van der Waals surface area contributed by atoms with E-state index < -0.39 is 39.8 Å². The zero-order valence-corrected chi connectivity index (χ0v) is 18.3. The highest BCUT2D eigenvalue weighted by Crippen LogP contribution is 2.25. The van der Waals surface area contributed by atoms with E-state index in [4.69, 9.17) is 9.47 Å². The molecule has 1 aromatic carbocycles. The number of nitrogens with one attached hydrogen (secondary N) is 1. The molecule has 1 aromatic rings. The minimum atomic E-state index is -2.18. The van der Waals surface area contributed by atoms with E-state index in [1.165, 1.54) is 6.92 Å². The predicted octanol–water partition coefficient (Wildman–Crippen LogP) is 3.89. The number of alkyl carbamates (subject to hydrolysis) is 1. The van der Waals surface area contributed by atoms with Crippen LogP contribution < -0.4 is 5.32 Å². The Morgan fingerprint density at radius 1 is 1.00 bits per heavy atom. The van der Waals surface area contributed by atoms with Gasteiger partial charge in [0, 0.05) is 11.8 Å². The second-order valence-corrected chi connectivity index (χ2v) is 9.13. The number of nitrogens with zero attached hydrogens (tertiary/aromatic N) is 1. The number of carbonyl (C=O) groups is 2. The molecule has 0 saturated carbocycles. The molecule has 1 amide bonds. The summed E-state index contributed by atoms with van der Waals surface area (Å²) in [6.07, 6.45) is -0.250. The zero-order valence-electron chi connectivity index (χ0n) is 18.3. The van der Waals surface area contributed by atoms with E-state index in [0.717, 1.165) is 5.56 Å². The van der Waals surface area contributed by atoms with E-state index >= 15 is 0 Å². The van der Waals surface area contributed by atoms with Gasteiger partial charge in [0.05, 0.1) is 0 Å². The first-order valence-corrected chi connectivity index (χ1v) is 9.56. The molecule has 0 radical (unpaired) electrons. The molecule has 0 aliphatic rings. The molecule has 0 aliphatic carbocycles. The van der Waals surface area contributed by atoms with Crippen molar-refractivity contribution in [3.05, 3.63) is 46.0 Å². The first-order chi connectivity index (χ1) is 13.1. The number of esters is 1. The summed E-state index contributed by atoms with van der Waals surface area (Å²) in [5.74, 6) is -1.01. The van der Waals surface area contributed by atoms with Gasteiger partial charge in [0.2, 0.25) is 0 Å². The molecule has 0 unspecified atom stereocenters. The number of carbonyl (C=O) groups excluding carboxylic acids is 2. The summed E-state index contributed by atoms with van der Waals surface area (Å²) in [7, 11) is 0. The third-order valence-electron chi connectivity index (χ3n) is 4.13. The summed E-state index contributed by atoms with van der Waals surface area (Å²) < 4.78 is 10.6. The van der Waals surface area contributed by atoms with Crippen LogP contribution in [0.2, 0.25) is 0 Å². The van der Waals surface area contributed by atoms with Gasteiger partial charge in [-0.1, -0.05) is 30.3 Å². The van der Waals surface area contributed by atoms with Gasteiger partial charge in [0.1, 0.15) is 17.2 Å². The van der Waals surface area contributed by atoms with E-state index in [1.54, 1.807) is 41.5 Å². The quantitative estimate of drug-likeness (QED) is 0.417. The van der Waals surface area contributed by atoms with Gasteiger partial charge in [-0.05, 0) is 59.9 Å². The van der Waals surface area contributed by atoms with Crippen LogP contribution in [0.15, 0.2) is 30.3 Å². The summed E-state index contributed by atoms with van der Waals surface area (Å²) in [5, 5.41) is 14.5. The van der Waals surface area contributed by atoms with E-state index in [1.807, 2.05) is 30.3 Å². The molecule has 162 valence electrons. The Bertz CT molecular complexity index is 721. The molecule has 0 spiro atoms. The second kappa shape index (κ2) is 9.24. The third-order valence-corrected chi connectivity index (χ3v) is 4.13. The third kappa shape index (κ3) is 7.71. The molecule has 0 fully saturated rings. The Labute approximate surface area is 172 Å². The Morgan fingerprint density at radius 2 is 1.52 bits per heavy atom. The summed E-state index contributed by atoms with van der Waals surface area (Å²) in [4.78, 5) is 36.4. The van der Waals surface area contributed by atoms with Gasteiger partial charge in [-0.3, -0.25) is 10.1 Å². The van der Waals surface area contributed by atoms with Crippen molar-refractivity contribution in [2.75, 3.05) is 0 Å². The minimum Gasteiger partial charge on any atom is -0.455 e. The first-order valence-electron chi connectivity index (χ1n) is 9.56. The number of aryl methyl sites for hydroxylation is 1. The van der Waals surface area contributed by atoms with Crippen LogP contribution in [-0.4, -0.2) is 39.8 Å². The van der Waals surface area contributed by atoms with E-state index in [0.29, 0.717) is 6.42 Å². The maximum atomic E-state index is 12.8. The summed E-state index contributed by atoms with van der Waals surface area (Å²) in [6, 6.07) is 8.19. The molecule has 1 N–H and O–H groups in total. The van der Waals surface area contributed by atoms with Crippen LogP contribution in [0.4, 0.5) is 4.79 Å². The van der Waals surface area contributed by atoms with Gasteiger partial charge in [-0.2, -0.15) is 0 Å². The number of ether oxygens (including phenoxy) is 2. The van der Waals surface area contributed by atoms with Crippen molar-refractivity contribution in [2.24, 2.45) is 0 Å². The Morgan fingerprint density at radius 3 is 1.97 bits per heavy atom.